The van der Waals surface area contributed by atoms with E-state index in [1.54, 1.807) is 24.3 Å². The summed E-state index contributed by atoms with van der Waals surface area (Å²) in [4.78, 5) is 76.5. The van der Waals surface area contributed by atoms with Crippen molar-refractivity contribution in [2.24, 2.45) is 115 Å². The van der Waals surface area contributed by atoms with Crippen molar-refractivity contribution in [3.63, 3.8) is 0 Å². The summed E-state index contributed by atoms with van der Waals surface area (Å²) in [5.74, 6) is 5.22. The Balaban J connectivity index is 0.000000129. The van der Waals surface area contributed by atoms with E-state index in [0.717, 1.165) is 96.5 Å². The number of fused-ring (bicyclic) bond motifs is 20. The number of aromatic amines is 1. The molecule has 24 atom stereocenters. The highest BCUT2D eigenvalue weighted by molar-refractivity contribution is 5.96. The Morgan fingerprint density at radius 3 is 1.14 bits per heavy atom. The van der Waals surface area contributed by atoms with Crippen LogP contribution in [0, 0.1) is 122 Å². The summed E-state index contributed by atoms with van der Waals surface area (Å²) < 4.78 is 233. The molecule has 10 fully saturated rings. The molecule has 23 unspecified atom stereocenters. The van der Waals surface area contributed by atoms with Gasteiger partial charge in [-0.15, -0.1) is 0 Å². The van der Waals surface area contributed by atoms with Crippen LogP contribution in [0.1, 0.15) is 253 Å². The Labute approximate surface area is 745 Å². The number of hydrogen-bond acceptors (Lipinski definition) is 6. The van der Waals surface area contributed by atoms with Gasteiger partial charge in [0.2, 0.25) is 35.1 Å². The number of pyridine rings is 1. The zero-order valence-corrected chi connectivity index (χ0v) is 74.6. The lowest BCUT2D eigenvalue weighted by Gasteiger charge is -2.58. The normalized spacial score (nSPS) is 36.6. The van der Waals surface area contributed by atoms with Gasteiger partial charge < -0.3 is 31.6 Å². The molecule has 10 saturated carbocycles. The lowest BCUT2D eigenvalue weighted by molar-refractivity contribution is -0.141. The van der Waals surface area contributed by atoms with Crippen LogP contribution in [-0.4, -0.2) is 52.6 Å². The number of anilines is 2. The molecule has 14 aliphatic rings. The molecule has 130 heavy (non-hydrogen) atoms. The highest BCUT2D eigenvalue weighted by Crippen LogP contribution is 2.69. The predicted octanol–water partition coefficient (Wildman–Crippen LogP) is 25.1. The highest BCUT2D eigenvalue weighted by Gasteiger charge is 2.64. The van der Waals surface area contributed by atoms with Crippen molar-refractivity contribution in [2.75, 3.05) is 10.6 Å². The van der Waals surface area contributed by atoms with Crippen molar-refractivity contribution in [3.05, 3.63) is 176 Å². The van der Waals surface area contributed by atoms with Crippen molar-refractivity contribution in [3.8, 4) is 0 Å². The van der Waals surface area contributed by atoms with E-state index in [0.29, 0.717) is 133 Å². The molecule has 30 heteroatoms. The summed E-state index contributed by atoms with van der Waals surface area (Å²) in [5.41, 5.74) is -6.49. The number of aromatic nitrogens is 1. The minimum atomic E-state index is -4.93. The fourth-order valence-corrected chi connectivity index (χ4v) is 28.5. The molecule has 12 nitrogen and oxygen atoms in total. The first kappa shape index (κ1) is 96.0. The quantitative estimate of drug-likeness (QED) is 0.0975. The van der Waals surface area contributed by atoms with Gasteiger partial charge in [0.15, 0.2) is 0 Å². The number of carbonyl (C=O) groups is 5. The van der Waals surface area contributed by atoms with Gasteiger partial charge in [-0.2, -0.15) is 79.0 Å². The topological polar surface area (TPSA) is 178 Å². The molecule has 0 spiro atoms. The molecule has 6 N–H and O–H groups in total. The smallest absolute Gasteiger partial charge is 0.349 e. The largest absolute Gasteiger partial charge is 0.418 e. The second-order valence-corrected chi connectivity index (χ2v) is 42.0. The van der Waals surface area contributed by atoms with Crippen LogP contribution in [0.25, 0.3) is 10.9 Å². The van der Waals surface area contributed by atoms with Gasteiger partial charge in [0, 0.05) is 63.2 Å². The minimum Gasteiger partial charge on any atom is -0.349 e. The van der Waals surface area contributed by atoms with Gasteiger partial charge in [-0.3, -0.25) is 28.8 Å². The van der Waals surface area contributed by atoms with E-state index in [9.17, 15) is 108 Å². The van der Waals surface area contributed by atoms with Crippen LogP contribution in [0.3, 0.4) is 0 Å². The third-order valence-corrected chi connectivity index (χ3v) is 36.0. The Morgan fingerprint density at radius 2 is 0.738 bits per heavy atom. The van der Waals surface area contributed by atoms with Crippen LogP contribution in [0.5, 0.6) is 0 Å². The molecule has 0 radical (unpaired) electrons. The molecular formula is C100H116F18N6O6. The molecule has 4 aromatic carbocycles. The van der Waals surface area contributed by atoms with Crippen molar-refractivity contribution in [2.45, 2.75) is 272 Å². The zero-order chi connectivity index (χ0) is 94.5. The standard InChI is InChI=1S/C27H30F6N2O2.C26H22F6N2O2.2C19H29NO.C9H6F6/c1-24-11-9-17-15(4-8-21-25(17,2)12-10-22(36)35-21)16(24)6-7-19(24)23(37)34-20-13-14(26(28,29)30)3-5-18(20)27(31,32)33;1-24-11-10-14-15(3-8-20-16(14)4-9-22(35)33-20)17(24)6-7-19(24)23(36)34-21-12-13(25(27,28)29)2-5-18(21)26(30,31)32;2*1-12-4-6-14-13-5-7-16-19(3,11-9-17(21)20-16)15(13)8-10-18(12,14)2;1-5-4-6(8(10,11)12)2-3-7(5)9(13,14)15/h3,5,10,12-13,15-17,19,21H,4,6-9,11H2,1-2H3,(H,34,37)(H,35,36);2-5,8-9,12,17,19H,6-7,10-11H2,1H3,(H,33,35)(H,34,36);2*9,11-16H,4-8,10H2,1-3H3,(H,20,21);2-4H,1H3/t15?,16?,17?,19?,21-,24?,25?;;;;/m0..../s1. The first-order valence-electron chi connectivity index (χ1n) is 46.0. The molecule has 5 aromatic rings. The number of aryl methyl sites for hydroxylation is 2. The van der Waals surface area contributed by atoms with Crippen molar-refractivity contribution in [1.29, 1.82) is 0 Å². The SMILES string of the molecule is CC12CCC3C(CC[C@@H]4NC(=O)C=CC34C)C1CCC2C(=O)Nc1cc(C(F)(F)F)ccc1C(F)(F)F.CC12CCc3c(ccc4[nH]c(=O)ccc34)C1CCC2C(=O)Nc1cc(C(F)(F)F)ccc1C(F)(F)F.CC1CCC2C3CCC4NC(=O)C=CC4(C)C3CCC12C.CC1CCC2C3CCC4NC(=O)C=CC4(C)C3CCC12C.Cc1cc(C(F)(F)F)ccc1C(F)(F)F. The van der Waals surface area contributed by atoms with E-state index < -0.39 is 122 Å². The average molecular weight is 1840 g/mol. The fraction of sp³-hybridized carbons (Fsp3) is 0.620. The Kier molecular flexibility index (Phi) is 25.2. The maximum Gasteiger partial charge on any atom is 0.418 e. The molecule has 708 valence electrons. The first-order valence-corrected chi connectivity index (χ1v) is 46.0. The molecule has 5 amide bonds. The van der Waals surface area contributed by atoms with Crippen LogP contribution >= 0.6 is 0 Å². The number of halogens is 18. The van der Waals surface area contributed by atoms with E-state index in [1.165, 1.54) is 83.1 Å². The lowest BCUT2D eigenvalue weighted by atomic mass is 9.48. The molecule has 3 aliphatic heterocycles. The molecule has 11 aliphatic carbocycles. The van der Waals surface area contributed by atoms with E-state index in [4.69, 9.17) is 0 Å². The van der Waals surface area contributed by atoms with Gasteiger partial charge in [-0.1, -0.05) is 86.6 Å². The minimum absolute atomic E-state index is 0.0445. The monoisotopic (exact) mass is 1840 g/mol. The molecule has 0 bridgehead atoms. The zero-order valence-electron chi connectivity index (χ0n) is 74.6. The molecule has 0 saturated heterocycles. The number of H-pyrrole nitrogens is 1. The third-order valence-electron chi connectivity index (χ3n) is 36.0. The number of hydrogen-bond donors (Lipinski definition) is 6. The van der Waals surface area contributed by atoms with Gasteiger partial charge >= 0.3 is 37.1 Å². The van der Waals surface area contributed by atoms with E-state index in [2.05, 4.69) is 92.2 Å². The van der Waals surface area contributed by atoms with Crippen LogP contribution in [0.15, 0.2) is 120 Å². The summed E-state index contributed by atoms with van der Waals surface area (Å²) in [5, 5.41) is 14.9. The Morgan fingerprint density at radius 1 is 0.369 bits per heavy atom. The lowest BCUT2D eigenvalue weighted by Crippen LogP contribution is -2.59. The van der Waals surface area contributed by atoms with Gasteiger partial charge in [0.05, 0.1) is 44.8 Å². The molecular weight excluding hydrogens is 1720 g/mol. The third kappa shape index (κ3) is 17.5. The van der Waals surface area contributed by atoms with Crippen LogP contribution in [0.2, 0.25) is 0 Å². The second-order valence-electron chi connectivity index (χ2n) is 42.0. The summed E-state index contributed by atoms with van der Waals surface area (Å²) in [6.45, 7) is 22.0. The van der Waals surface area contributed by atoms with E-state index in [-0.39, 0.29) is 57.4 Å². The van der Waals surface area contributed by atoms with Crippen molar-refractivity contribution >= 4 is 51.8 Å². The van der Waals surface area contributed by atoms with Gasteiger partial charge in [0.1, 0.15) is 0 Å². The fourth-order valence-electron chi connectivity index (χ4n) is 28.5. The number of alkyl halides is 18. The molecule has 1 aromatic heterocycles. The number of amides is 5. The van der Waals surface area contributed by atoms with Crippen molar-refractivity contribution < 1.29 is 103 Å². The molecule has 19 rings (SSSR count). The number of nitrogens with one attached hydrogen (secondary N) is 6. The number of benzene rings is 4. The Bertz CT molecular complexity index is 5270. The summed E-state index contributed by atoms with van der Waals surface area (Å²) in [6, 6.07) is 11.3. The van der Waals surface area contributed by atoms with Crippen LogP contribution < -0.4 is 32.1 Å². The van der Waals surface area contributed by atoms with Crippen LogP contribution in [0.4, 0.5) is 90.4 Å². The predicted molar refractivity (Wildman–Crippen MR) is 456 cm³/mol. The van der Waals surface area contributed by atoms with Gasteiger partial charge in [0.25, 0.3) is 0 Å². The highest BCUT2D eigenvalue weighted by atomic mass is 19.4. The molecule has 4 heterocycles. The first-order chi connectivity index (χ1) is 60.4. The average Bonchev–Trinajstić information content (AvgIpc) is 1.50. The second kappa shape index (κ2) is 34.1. The number of rotatable bonds is 4. The summed E-state index contributed by atoms with van der Waals surface area (Å²) >= 11 is 0. The van der Waals surface area contributed by atoms with Crippen LogP contribution in [-0.2, 0) is 67.5 Å². The summed E-state index contributed by atoms with van der Waals surface area (Å²) in [6.07, 6.45) is 5.80. The van der Waals surface area contributed by atoms with E-state index >= 15 is 0 Å². The van der Waals surface area contributed by atoms with Gasteiger partial charge in [-0.25, -0.2) is 0 Å². The Hall–Kier alpha value is -8.60. The maximum atomic E-state index is 13.6. The van der Waals surface area contributed by atoms with Gasteiger partial charge in [-0.05, 0) is 343 Å². The summed E-state index contributed by atoms with van der Waals surface area (Å²) in [7, 11) is 0. The van der Waals surface area contributed by atoms with Crippen molar-refractivity contribution in [1.82, 2.24) is 20.9 Å². The van der Waals surface area contributed by atoms with E-state index in [1.807, 2.05) is 32.1 Å². The maximum absolute atomic E-state index is 13.6. The number of carbonyl (C=O) groups excluding carboxylic acids is 5.